The fourth-order valence-corrected chi connectivity index (χ4v) is 5.06. The number of hydrogen-bond acceptors (Lipinski definition) is 3. The van der Waals surface area contributed by atoms with Gasteiger partial charge in [0, 0.05) is 6.10 Å². The van der Waals surface area contributed by atoms with Gasteiger partial charge < -0.3 is 9.16 Å². The normalized spacial score (nSPS) is 23.1. The van der Waals surface area contributed by atoms with E-state index in [-0.39, 0.29) is 22.1 Å². The van der Waals surface area contributed by atoms with Gasteiger partial charge in [-0.2, -0.15) is 0 Å². The first-order valence-electron chi connectivity index (χ1n) is 10.0. The van der Waals surface area contributed by atoms with E-state index in [4.69, 9.17) is 9.16 Å². The second-order valence-electron chi connectivity index (χ2n) is 10.5. The van der Waals surface area contributed by atoms with Crippen molar-refractivity contribution in [2.75, 3.05) is 20.7 Å². The summed E-state index contributed by atoms with van der Waals surface area (Å²) in [5.41, 5.74) is 1.31. The largest absolute Gasteiger partial charge is 0.494 e. The van der Waals surface area contributed by atoms with Crippen molar-refractivity contribution < 1.29 is 9.16 Å². The van der Waals surface area contributed by atoms with E-state index in [9.17, 15) is 0 Å². The quantitative estimate of drug-likeness (QED) is 0.505. The summed E-state index contributed by atoms with van der Waals surface area (Å²) in [5, 5.41) is 0.219. The van der Waals surface area contributed by atoms with Gasteiger partial charge in [-0.3, -0.25) is 4.90 Å². The van der Waals surface area contributed by atoms with Crippen molar-refractivity contribution in [1.29, 1.82) is 0 Å². The van der Waals surface area contributed by atoms with E-state index in [0.717, 1.165) is 12.2 Å². The minimum Gasteiger partial charge on any atom is -0.494 e. The summed E-state index contributed by atoms with van der Waals surface area (Å²) in [4.78, 5) is 2.33. The molecule has 3 nitrogen and oxygen atoms in total. The van der Waals surface area contributed by atoms with Crippen molar-refractivity contribution in [2.45, 2.75) is 91.6 Å². The zero-order valence-corrected chi connectivity index (χ0v) is 20.4. The Labute approximate surface area is 164 Å². The van der Waals surface area contributed by atoms with Crippen LogP contribution >= 0.6 is 0 Å². The third kappa shape index (κ3) is 5.02. The second kappa shape index (κ2) is 7.81. The van der Waals surface area contributed by atoms with Gasteiger partial charge in [-0.25, -0.2) is 0 Å². The van der Waals surface area contributed by atoms with Gasteiger partial charge in [-0.1, -0.05) is 41.5 Å². The third-order valence-electron chi connectivity index (χ3n) is 5.95. The van der Waals surface area contributed by atoms with Crippen LogP contribution in [0, 0.1) is 5.41 Å². The Balaban J connectivity index is 3.22. The standard InChI is InChI=1S/C22H43NO2Si/c1-13-24-18-14-19(20(3,4)5)22(16-18,23(9)10)15-17(2)25-26(11,12)21(6,7)8/h14,16-17H,13,15H2,1-12H3. The molecule has 0 aliphatic heterocycles. The fraction of sp³-hybridized carbons (Fsp3) is 0.818. The van der Waals surface area contributed by atoms with Crippen molar-refractivity contribution in [2.24, 2.45) is 5.41 Å². The van der Waals surface area contributed by atoms with Crippen LogP contribution < -0.4 is 0 Å². The van der Waals surface area contributed by atoms with E-state index in [1.54, 1.807) is 0 Å². The molecule has 0 aromatic rings. The smallest absolute Gasteiger partial charge is 0.192 e. The molecule has 0 aromatic heterocycles. The fourth-order valence-electron chi connectivity index (χ4n) is 3.62. The summed E-state index contributed by atoms with van der Waals surface area (Å²) in [5.74, 6) is 0.991. The topological polar surface area (TPSA) is 21.7 Å². The molecule has 0 heterocycles. The van der Waals surface area contributed by atoms with Crippen LogP contribution in [0.1, 0.15) is 61.8 Å². The molecular formula is C22H43NO2Si. The molecule has 0 N–H and O–H groups in total. The Bertz CT molecular complexity index is 549. The predicted octanol–water partition coefficient (Wildman–Crippen LogP) is 5.99. The van der Waals surface area contributed by atoms with E-state index in [0.29, 0.717) is 6.61 Å². The van der Waals surface area contributed by atoms with Gasteiger partial charge in [-0.05, 0) is 75.6 Å². The summed E-state index contributed by atoms with van der Waals surface area (Å²) in [6.07, 6.45) is 5.68. The molecule has 0 aromatic carbocycles. The van der Waals surface area contributed by atoms with Gasteiger partial charge in [-0.15, -0.1) is 0 Å². The van der Waals surface area contributed by atoms with Crippen LogP contribution in [-0.4, -0.2) is 45.6 Å². The summed E-state index contributed by atoms with van der Waals surface area (Å²) in [6.45, 7) is 23.4. The van der Waals surface area contributed by atoms with E-state index in [1.807, 2.05) is 6.92 Å². The summed E-state index contributed by atoms with van der Waals surface area (Å²) < 4.78 is 12.6. The highest BCUT2D eigenvalue weighted by Crippen LogP contribution is 2.47. The molecule has 0 fully saturated rings. The number of nitrogens with zero attached hydrogens (tertiary/aromatic N) is 1. The van der Waals surface area contributed by atoms with Crippen molar-refractivity contribution in [3.05, 3.63) is 23.5 Å². The lowest BCUT2D eigenvalue weighted by Gasteiger charge is -2.46. The van der Waals surface area contributed by atoms with Crippen molar-refractivity contribution in [3.63, 3.8) is 0 Å². The van der Waals surface area contributed by atoms with Crippen LogP contribution in [-0.2, 0) is 9.16 Å². The molecule has 1 aliphatic rings. The molecule has 152 valence electrons. The third-order valence-corrected chi connectivity index (χ3v) is 10.6. The van der Waals surface area contributed by atoms with Gasteiger partial charge in [0.25, 0.3) is 0 Å². The maximum atomic E-state index is 6.71. The van der Waals surface area contributed by atoms with Crippen molar-refractivity contribution in [1.82, 2.24) is 4.90 Å². The second-order valence-corrected chi connectivity index (χ2v) is 15.3. The SMILES string of the molecule is CCOC1=CC(CC(C)O[Si](C)(C)C(C)(C)C)(N(C)C)C(C(C)(C)C)=C1. The number of allylic oxidation sites excluding steroid dienone is 1. The average Bonchev–Trinajstić information content (AvgIpc) is 2.76. The number of ether oxygens (including phenoxy) is 1. The maximum absolute atomic E-state index is 6.71. The van der Waals surface area contributed by atoms with Crippen LogP contribution in [0.25, 0.3) is 0 Å². The molecule has 4 heteroatoms. The van der Waals surface area contributed by atoms with Gasteiger partial charge >= 0.3 is 0 Å². The van der Waals surface area contributed by atoms with E-state index < -0.39 is 8.32 Å². The maximum Gasteiger partial charge on any atom is 0.192 e. The molecule has 2 atom stereocenters. The highest BCUT2D eigenvalue weighted by molar-refractivity contribution is 6.74. The van der Waals surface area contributed by atoms with Crippen LogP contribution in [0.2, 0.25) is 18.1 Å². The Kier molecular flexibility index (Phi) is 7.04. The highest BCUT2D eigenvalue weighted by atomic mass is 28.4. The summed E-state index contributed by atoms with van der Waals surface area (Å²) in [7, 11) is 2.54. The van der Waals surface area contributed by atoms with E-state index >= 15 is 0 Å². The van der Waals surface area contributed by atoms with Crippen LogP contribution in [0.15, 0.2) is 23.5 Å². The van der Waals surface area contributed by atoms with Crippen molar-refractivity contribution >= 4 is 8.32 Å². The van der Waals surface area contributed by atoms with Gasteiger partial charge in [0.15, 0.2) is 8.32 Å². The Morgan fingerprint density at radius 2 is 1.65 bits per heavy atom. The minimum absolute atomic E-state index is 0.0658. The monoisotopic (exact) mass is 381 g/mol. The lowest BCUT2D eigenvalue weighted by molar-refractivity contribution is 0.114. The number of likely N-dealkylation sites (N-methyl/N-ethyl adjacent to an activating group) is 1. The van der Waals surface area contributed by atoms with E-state index in [1.165, 1.54) is 5.57 Å². The van der Waals surface area contributed by atoms with Crippen LogP contribution in [0.4, 0.5) is 0 Å². The van der Waals surface area contributed by atoms with Crippen LogP contribution in [0.3, 0.4) is 0 Å². The molecule has 0 bridgehead atoms. The zero-order chi connectivity index (χ0) is 20.6. The van der Waals surface area contributed by atoms with E-state index in [2.05, 4.69) is 92.7 Å². The zero-order valence-electron chi connectivity index (χ0n) is 19.4. The first-order chi connectivity index (χ1) is 11.6. The molecule has 2 unspecified atom stereocenters. The summed E-state index contributed by atoms with van der Waals surface area (Å²) >= 11 is 0. The molecule has 1 rings (SSSR count). The number of rotatable bonds is 7. The average molecular weight is 382 g/mol. The lowest BCUT2D eigenvalue weighted by atomic mass is 9.73. The lowest BCUT2D eigenvalue weighted by Crippen LogP contribution is -2.51. The Morgan fingerprint density at radius 3 is 2.04 bits per heavy atom. The van der Waals surface area contributed by atoms with Gasteiger partial charge in [0.05, 0.1) is 12.1 Å². The molecule has 0 saturated carbocycles. The first kappa shape index (κ1) is 23.5. The molecule has 0 amide bonds. The highest BCUT2D eigenvalue weighted by Gasteiger charge is 2.46. The molecule has 0 spiro atoms. The number of hydrogen-bond donors (Lipinski definition) is 0. The first-order valence-corrected chi connectivity index (χ1v) is 12.9. The van der Waals surface area contributed by atoms with Gasteiger partial charge in [0.2, 0.25) is 0 Å². The van der Waals surface area contributed by atoms with Gasteiger partial charge in [0.1, 0.15) is 5.76 Å². The van der Waals surface area contributed by atoms with Crippen LogP contribution in [0.5, 0.6) is 0 Å². The molecule has 1 aliphatic carbocycles. The molecule has 26 heavy (non-hydrogen) atoms. The predicted molar refractivity (Wildman–Crippen MR) is 116 cm³/mol. The minimum atomic E-state index is -1.80. The van der Waals surface area contributed by atoms with Crippen molar-refractivity contribution in [3.8, 4) is 0 Å². The molecule has 0 saturated heterocycles. The summed E-state index contributed by atoms with van der Waals surface area (Å²) in [6, 6.07) is 0. The molecule has 0 radical (unpaired) electrons. The Hall–Kier alpha value is -0.583. The Morgan fingerprint density at radius 1 is 1.12 bits per heavy atom. The molecular weight excluding hydrogens is 338 g/mol.